The van der Waals surface area contributed by atoms with Gasteiger partial charge in [-0.25, -0.2) is 9.97 Å². The Morgan fingerprint density at radius 3 is 2.88 bits per heavy atom. The van der Waals surface area contributed by atoms with E-state index in [4.69, 9.17) is 0 Å². The van der Waals surface area contributed by atoms with E-state index in [1.165, 1.54) is 0 Å². The van der Waals surface area contributed by atoms with Crippen LogP contribution >= 0.6 is 0 Å². The first-order valence-corrected chi connectivity index (χ1v) is 8.18. The second-order valence-corrected chi connectivity index (χ2v) is 6.28. The van der Waals surface area contributed by atoms with Crippen LogP contribution in [0.25, 0.3) is 0 Å². The third-order valence-electron chi connectivity index (χ3n) is 4.11. The Kier molecular flexibility index (Phi) is 4.76. The van der Waals surface area contributed by atoms with Crippen molar-refractivity contribution in [2.75, 3.05) is 43.5 Å². The Hall–Kier alpha value is -2.47. The van der Waals surface area contributed by atoms with E-state index in [1.807, 2.05) is 31.1 Å². The summed E-state index contributed by atoms with van der Waals surface area (Å²) in [5.41, 5.74) is 1.02. The van der Waals surface area contributed by atoms with Crippen LogP contribution in [0, 0.1) is 0 Å². The predicted molar refractivity (Wildman–Crippen MR) is 95.9 cm³/mol. The predicted octanol–water partition coefficient (Wildman–Crippen LogP) is 1.57. The van der Waals surface area contributed by atoms with Gasteiger partial charge in [-0.05, 0) is 31.2 Å². The van der Waals surface area contributed by atoms with Crippen LogP contribution < -0.4 is 15.1 Å². The molecule has 0 unspecified atom stereocenters. The highest BCUT2D eigenvalue weighted by Gasteiger charge is 2.20. The van der Waals surface area contributed by atoms with Gasteiger partial charge in [0.05, 0.1) is 5.56 Å². The van der Waals surface area contributed by atoms with Crippen molar-refractivity contribution in [1.29, 1.82) is 0 Å². The second-order valence-electron chi connectivity index (χ2n) is 6.28. The maximum absolute atomic E-state index is 12.9. The zero-order valence-electron chi connectivity index (χ0n) is 14.4. The van der Waals surface area contributed by atoms with Crippen molar-refractivity contribution >= 4 is 17.4 Å². The van der Waals surface area contributed by atoms with Gasteiger partial charge in [0.25, 0.3) is 0 Å². The number of hydrogen-bond donors (Lipinski definition) is 1. The average Bonchev–Trinajstić information content (AvgIpc) is 2.61. The van der Waals surface area contributed by atoms with E-state index in [0.29, 0.717) is 23.1 Å². The van der Waals surface area contributed by atoms with E-state index in [9.17, 15) is 4.79 Å². The molecule has 3 rings (SSSR count). The number of ketones is 1. The molecule has 3 heterocycles. The van der Waals surface area contributed by atoms with Crippen LogP contribution in [0.4, 0.5) is 11.6 Å². The molecule has 1 aliphatic rings. The SMILES string of the molecule is C[C@@H]1CN(c2cccc(C(=O)c3cccnc3N(C)C)n2)CCN1. The molecule has 0 bridgehead atoms. The standard InChI is InChI=1S/C18H23N5O/c1-13-12-23(11-10-19-13)16-8-4-7-15(21-16)17(24)14-6-5-9-20-18(14)22(2)3/h4-9,13,19H,10-12H2,1-3H3/t13-/m1/s1. The number of piperazine rings is 1. The number of carbonyl (C=O) groups excluding carboxylic acids is 1. The quantitative estimate of drug-likeness (QED) is 0.861. The summed E-state index contributed by atoms with van der Waals surface area (Å²) in [7, 11) is 3.76. The molecule has 1 atom stereocenters. The highest BCUT2D eigenvalue weighted by Crippen LogP contribution is 2.20. The topological polar surface area (TPSA) is 61.4 Å². The lowest BCUT2D eigenvalue weighted by Gasteiger charge is -2.32. The molecule has 6 nitrogen and oxygen atoms in total. The first kappa shape index (κ1) is 16.4. The van der Waals surface area contributed by atoms with Crippen LogP contribution in [-0.4, -0.2) is 55.5 Å². The van der Waals surface area contributed by atoms with Gasteiger partial charge in [0.1, 0.15) is 17.3 Å². The van der Waals surface area contributed by atoms with Crippen LogP contribution in [0.2, 0.25) is 0 Å². The van der Waals surface area contributed by atoms with Crippen molar-refractivity contribution in [3.05, 3.63) is 47.8 Å². The second kappa shape index (κ2) is 6.97. The first-order valence-electron chi connectivity index (χ1n) is 8.18. The lowest BCUT2D eigenvalue weighted by Crippen LogP contribution is -2.49. The fourth-order valence-electron chi connectivity index (χ4n) is 2.93. The molecule has 1 N–H and O–H groups in total. The van der Waals surface area contributed by atoms with Crippen LogP contribution in [0.15, 0.2) is 36.5 Å². The third-order valence-corrected chi connectivity index (χ3v) is 4.11. The Morgan fingerprint density at radius 2 is 2.12 bits per heavy atom. The number of pyridine rings is 2. The average molecular weight is 325 g/mol. The van der Waals surface area contributed by atoms with Gasteiger partial charge in [0, 0.05) is 46.0 Å². The molecule has 0 radical (unpaired) electrons. The monoisotopic (exact) mass is 325 g/mol. The number of nitrogens with one attached hydrogen (secondary N) is 1. The smallest absolute Gasteiger partial charge is 0.215 e. The highest BCUT2D eigenvalue weighted by molar-refractivity contribution is 6.10. The Morgan fingerprint density at radius 1 is 1.29 bits per heavy atom. The lowest BCUT2D eigenvalue weighted by molar-refractivity contribution is 0.103. The first-order chi connectivity index (χ1) is 11.6. The Labute approximate surface area is 142 Å². The Balaban J connectivity index is 1.90. The van der Waals surface area contributed by atoms with E-state index in [1.54, 1.807) is 24.4 Å². The number of hydrogen-bond acceptors (Lipinski definition) is 6. The van der Waals surface area contributed by atoms with Crippen LogP contribution in [0.5, 0.6) is 0 Å². The molecule has 6 heteroatoms. The van der Waals surface area contributed by atoms with Crippen LogP contribution in [0.3, 0.4) is 0 Å². The number of carbonyl (C=O) groups is 1. The summed E-state index contributed by atoms with van der Waals surface area (Å²) in [6.45, 7) is 4.86. The highest BCUT2D eigenvalue weighted by atomic mass is 16.1. The van der Waals surface area contributed by atoms with Gasteiger partial charge in [-0.1, -0.05) is 6.07 Å². The van der Waals surface area contributed by atoms with E-state index in [2.05, 4.69) is 27.1 Å². The fourth-order valence-corrected chi connectivity index (χ4v) is 2.93. The third kappa shape index (κ3) is 3.38. The molecule has 0 spiro atoms. The van der Waals surface area contributed by atoms with Crippen molar-refractivity contribution in [3.63, 3.8) is 0 Å². The molecule has 0 amide bonds. The molecule has 0 saturated carbocycles. The minimum absolute atomic E-state index is 0.100. The zero-order chi connectivity index (χ0) is 17.1. The molecule has 2 aromatic heterocycles. The van der Waals surface area contributed by atoms with E-state index in [-0.39, 0.29) is 5.78 Å². The van der Waals surface area contributed by atoms with Crippen molar-refractivity contribution in [1.82, 2.24) is 15.3 Å². The van der Waals surface area contributed by atoms with Crippen molar-refractivity contribution in [3.8, 4) is 0 Å². The molecule has 1 aliphatic heterocycles. The molecule has 24 heavy (non-hydrogen) atoms. The van der Waals surface area contributed by atoms with E-state index >= 15 is 0 Å². The fraction of sp³-hybridized carbons (Fsp3) is 0.389. The summed E-state index contributed by atoms with van der Waals surface area (Å²) in [6.07, 6.45) is 1.69. The van der Waals surface area contributed by atoms with Gasteiger partial charge in [0.2, 0.25) is 5.78 Å². The summed E-state index contributed by atoms with van der Waals surface area (Å²) in [4.78, 5) is 25.9. The van der Waals surface area contributed by atoms with Crippen molar-refractivity contribution < 1.29 is 4.79 Å². The van der Waals surface area contributed by atoms with Gasteiger partial charge in [-0.3, -0.25) is 4.79 Å². The molecule has 1 fully saturated rings. The summed E-state index contributed by atoms with van der Waals surface area (Å²) < 4.78 is 0. The molecular weight excluding hydrogens is 302 g/mol. The van der Waals surface area contributed by atoms with Crippen molar-refractivity contribution in [2.24, 2.45) is 0 Å². The zero-order valence-corrected chi connectivity index (χ0v) is 14.4. The lowest BCUT2D eigenvalue weighted by atomic mass is 10.1. The minimum atomic E-state index is -0.100. The number of nitrogens with zero attached hydrogens (tertiary/aromatic N) is 4. The minimum Gasteiger partial charge on any atom is -0.362 e. The van der Waals surface area contributed by atoms with Crippen molar-refractivity contribution in [2.45, 2.75) is 13.0 Å². The van der Waals surface area contributed by atoms with E-state index in [0.717, 1.165) is 25.5 Å². The largest absolute Gasteiger partial charge is 0.362 e. The van der Waals surface area contributed by atoms with Gasteiger partial charge in [0.15, 0.2) is 0 Å². The maximum atomic E-state index is 12.9. The summed E-state index contributed by atoms with van der Waals surface area (Å²) in [6, 6.07) is 9.62. The maximum Gasteiger partial charge on any atom is 0.215 e. The van der Waals surface area contributed by atoms with E-state index < -0.39 is 0 Å². The van der Waals surface area contributed by atoms with Gasteiger partial charge < -0.3 is 15.1 Å². The molecule has 0 aliphatic carbocycles. The van der Waals surface area contributed by atoms with Gasteiger partial charge >= 0.3 is 0 Å². The number of rotatable bonds is 4. The molecule has 0 aromatic carbocycles. The molecule has 1 saturated heterocycles. The molecular formula is C18H23N5O. The normalized spacial score (nSPS) is 17.6. The van der Waals surface area contributed by atoms with Crippen LogP contribution in [0.1, 0.15) is 23.0 Å². The number of anilines is 2. The summed E-state index contributed by atoms with van der Waals surface area (Å²) in [5.74, 6) is 1.41. The number of aromatic nitrogens is 2. The molecule has 2 aromatic rings. The Bertz CT molecular complexity index is 731. The molecule has 126 valence electrons. The van der Waals surface area contributed by atoms with Gasteiger partial charge in [-0.2, -0.15) is 0 Å². The summed E-state index contributed by atoms with van der Waals surface area (Å²) in [5, 5.41) is 3.41. The summed E-state index contributed by atoms with van der Waals surface area (Å²) >= 11 is 0. The van der Waals surface area contributed by atoms with Gasteiger partial charge in [-0.15, -0.1) is 0 Å². The van der Waals surface area contributed by atoms with Crippen LogP contribution in [-0.2, 0) is 0 Å².